The Morgan fingerprint density at radius 1 is 1.20 bits per heavy atom. The summed E-state index contributed by atoms with van der Waals surface area (Å²) >= 11 is 0. The third-order valence-electron chi connectivity index (χ3n) is 4.38. The van der Waals surface area contributed by atoms with Gasteiger partial charge in [-0.1, -0.05) is 0 Å². The smallest absolute Gasteiger partial charge is 0.222 e. The molecule has 2 aliphatic heterocycles. The number of carbonyl (C=O) groups is 1. The van der Waals surface area contributed by atoms with Crippen molar-refractivity contribution in [2.45, 2.75) is 38.1 Å². The number of rotatable bonds is 2. The number of hydrogen-bond acceptors (Lipinski definition) is 4. The number of likely N-dealkylation sites (tertiary alicyclic amines) is 1. The van der Waals surface area contributed by atoms with Gasteiger partial charge in [0.1, 0.15) is 0 Å². The van der Waals surface area contributed by atoms with Crippen LogP contribution in [0, 0.1) is 0 Å². The van der Waals surface area contributed by atoms with Gasteiger partial charge in [-0.3, -0.25) is 4.79 Å². The average molecular weight is 274 g/mol. The summed E-state index contributed by atoms with van der Waals surface area (Å²) in [7, 11) is 0. The van der Waals surface area contributed by atoms with Crippen molar-refractivity contribution in [3.8, 4) is 0 Å². The van der Waals surface area contributed by atoms with E-state index in [0.717, 1.165) is 63.2 Å². The third-order valence-corrected chi connectivity index (χ3v) is 4.38. The van der Waals surface area contributed by atoms with Crippen LogP contribution in [0.4, 0.5) is 11.5 Å². The molecule has 1 aromatic heterocycles. The van der Waals surface area contributed by atoms with Crippen LogP contribution in [0.15, 0.2) is 18.3 Å². The molecule has 2 aliphatic rings. The highest BCUT2D eigenvalue weighted by atomic mass is 16.2. The standard InChI is InChI=1S/C15H22N4O/c16-13-4-3-8-17-15(13)18-10-6-12(7-11-18)19-9-2-1-5-14(19)20/h3-4,8,12H,1-2,5-7,9-11,16H2. The van der Waals surface area contributed by atoms with E-state index in [0.29, 0.717) is 11.9 Å². The van der Waals surface area contributed by atoms with Gasteiger partial charge < -0.3 is 15.5 Å². The fourth-order valence-corrected chi connectivity index (χ4v) is 3.28. The van der Waals surface area contributed by atoms with Gasteiger partial charge in [0, 0.05) is 38.3 Å². The zero-order valence-corrected chi connectivity index (χ0v) is 11.8. The molecule has 0 radical (unpaired) electrons. The van der Waals surface area contributed by atoms with Crippen molar-refractivity contribution < 1.29 is 4.79 Å². The van der Waals surface area contributed by atoms with E-state index in [2.05, 4.69) is 14.8 Å². The van der Waals surface area contributed by atoms with Gasteiger partial charge in [0.05, 0.1) is 5.69 Å². The predicted molar refractivity (Wildman–Crippen MR) is 79.4 cm³/mol. The van der Waals surface area contributed by atoms with Crippen molar-refractivity contribution in [3.05, 3.63) is 18.3 Å². The van der Waals surface area contributed by atoms with E-state index in [1.54, 1.807) is 6.20 Å². The number of anilines is 2. The Hall–Kier alpha value is -1.78. The van der Waals surface area contributed by atoms with Gasteiger partial charge in [-0.2, -0.15) is 0 Å². The molecule has 5 heteroatoms. The van der Waals surface area contributed by atoms with Crippen molar-refractivity contribution in [3.63, 3.8) is 0 Å². The quantitative estimate of drug-likeness (QED) is 0.890. The molecule has 1 aromatic rings. The van der Waals surface area contributed by atoms with Crippen LogP contribution in [0.5, 0.6) is 0 Å². The number of pyridine rings is 1. The topological polar surface area (TPSA) is 62.5 Å². The Morgan fingerprint density at radius 2 is 2.00 bits per heavy atom. The monoisotopic (exact) mass is 274 g/mol. The molecule has 3 heterocycles. The van der Waals surface area contributed by atoms with Crippen molar-refractivity contribution in [2.24, 2.45) is 0 Å². The number of nitrogen functional groups attached to an aromatic ring is 1. The van der Waals surface area contributed by atoms with E-state index < -0.39 is 0 Å². The Morgan fingerprint density at radius 3 is 2.70 bits per heavy atom. The molecule has 0 bridgehead atoms. The minimum Gasteiger partial charge on any atom is -0.396 e. The molecule has 108 valence electrons. The molecule has 2 fully saturated rings. The van der Waals surface area contributed by atoms with E-state index in [4.69, 9.17) is 5.73 Å². The van der Waals surface area contributed by atoms with Crippen LogP contribution in [0.2, 0.25) is 0 Å². The lowest BCUT2D eigenvalue weighted by Crippen LogP contribution is -2.49. The minimum atomic E-state index is 0.340. The molecule has 1 amide bonds. The minimum absolute atomic E-state index is 0.340. The lowest BCUT2D eigenvalue weighted by atomic mass is 9.99. The van der Waals surface area contributed by atoms with E-state index in [9.17, 15) is 4.79 Å². The predicted octanol–water partition coefficient (Wildman–Crippen LogP) is 1.65. The highest BCUT2D eigenvalue weighted by Crippen LogP contribution is 2.26. The van der Waals surface area contributed by atoms with Crippen LogP contribution in [0.3, 0.4) is 0 Å². The van der Waals surface area contributed by atoms with Gasteiger partial charge in [-0.15, -0.1) is 0 Å². The summed E-state index contributed by atoms with van der Waals surface area (Å²) in [5.74, 6) is 1.22. The molecule has 0 spiro atoms. The molecule has 0 atom stereocenters. The first-order chi connectivity index (χ1) is 9.75. The zero-order chi connectivity index (χ0) is 13.9. The van der Waals surface area contributed by atoms with Gasteiger partial charge in [-0.05, 0) is 37.8 Å². The summed E-state index contributed by atoms with van der Waals surface area (Å²) in [5.41, 5.74) is 6.72. The number of nitrogens with two attached hydrogens (primary N) is 1. The molecule has 5 nitrogen and oxygen atoms in total. The molecule has 2 N–H and O–H groups in total. The van der Waals surface area contributed by atoms with Crippen molar-refractivity contribution in [1.29, 1.82) is 0 Å². The number of carbonyl (C=O) groups excluding carboxylic acids is 1. The van der Waals surface area contributed by atoms with Crippen LogP contribution < -0.4 is 10.6 Å². The molecule has 0 saturated carbocycles. The molecular weight excluding hydrogens is 252 g/mol. The van der Waals surface area contributed by atoms with Crippen LogP contribution >= 0.6 is 0 Å². The third kappa shape index (κ3) is 2.57. The highest BCUT2D eigenvalue weighted by Gasteiger charge is 2.29. The second kappa shape index (κ2) is 5.69. The fourth-order valence-electron chi connectivity index (χ4n) is 3.28. The Bertz CT molecular complexity index is 483. The number of piperidine rings is 2. The molecular formula is C15H22N4O. The largest absolute Gasteiger partial charge is 0.396 e. The van der Waals surface area contributed by atoms with Gasteiger partial charge in [-0.25, -0.2) is 4.98 Å². The molecule has 0 aliphatic carbocycles. The summed E-state index contributed by atoms with van der Waals surface area (Å²) < 4.78 is 0. The maximum atomic E-state index is 12.0. The Kier molecular flexibility index (Phi) is 3.76. The second-order valence-corrected chi connectivity index (χ2v) is 5.68. The molecule has 0 aromatic carbocycles. The normalized spacial score (nSPS) is 21.3. The van der Waals surface area contributed by atoms with Crippen LogP contribution in [-0.2, 0) is 4.79 Å². The number of hydrogen-bond donors (Lipinski definition) is 1. The van der Waals surface area contributed by atoms with Crippen LogP contribution in [-0.4, -0.2) is 41.5 Å². The first kappa shape index (κ1) is 13.2. The summed E-state index contributed by atoms with van der Waals surface area (Å²) in [4.78, 5) is 20.7. The summed E-state index contributed by atoms with van der Waals surface area (Å²) in [6.45, 7) is 2.79. The first-order valence-corrected chi connectivity index (χ1v) is 7.50. The lowest BCUT2D eigenvalue weighted by molar-refractivity contribution is -0.136. The second-order valence-electron chi connectivity index (χ2n) is 5.68. The SMILES string of the molecule is Nc1cccnc1N1CCC(N2CCCCC2=O)CC1. The maximum absolute atomic E-state index is 12.0. The fraction of sp³-hybridized carbons (Fsp3) is 0.600. The van der Waals surface area contributed by atoms with E-state index in [1.807, 2.05) is 12.1 Å². The van der Waals surface area contributed by atoms with Gasteiger partial charge in [0.2, 0.25) is 5.91 Å². The van der Waals surface area contributed by atoms with Gasteiger partial charge >= 0.3 is 0 Å². The highest BCUT2D eigenvalue weighted by molar-refractivity contribution is 5.77. The van der Waals surface area contributed by atoms with E-state index in [1.165, 1.54) is 0 Å². The molecule has 2 saturated heterocycles. The molecule has 3 rings (SSSR count). The Labute approximate surface area is 119 Å². The number of amides is 1. The van der Waals surface area contributed by atoms with Crippen LogP contribution in [0.1, 0.15) is 32.1 Å². The lowest BCUT2D eigenvalue weighted by Gasteiger charge is -2.40. The summed E-state index contributed by atoms with van der Waals surface area (Å²) in [6, 6.07) is 4.16. The zero-order valence-electron chi connectivity index (χ0n) is 11.8. The van der Waals surface area contributed by atoms with Crippen molar-refractivity contribution in [2.75, 3.05) is 30.3 Å². The van der Waals surface area contributed by atoms with Crippen molar-refractivity contribution in [1.82, 2.24) is 9.88 Å². The maximum Gasteiger partial charge on any atom is 0.222 e. The van der Waals surface area contributed by atoms with Gasteiger partial charge in [0.25, 0.3) is 0 Å². The number of aromatic nitrogens is 1. The first-order valence-electron chi connectivity index (χ1n) is 7.50. The molecule has 0 unspecified atom stereocenters. The van der Waals surface area contributed by atoms with E-state index in [-0.39, 0.29) is 0 Å². The summed E-state index contributed by atoms with van der Waals surface area (Å²) in [5, 5.41) is 0. The Balaban J connectivity index is 1.62. The molecule has 20 heavy (non-hydrogen) atoms. The van der Waals surface area contributed by atoms with Crippen molar-refractivity contribution >= 4 is 17.4 Å². The van der Waals surface area contributed by atoms with E-state index >= 15 is 0 Å². The summed E-state index contributed by atoms with van der Waals surface area (Å²) in [6.07, 6.45) is 6.75. The van der Waals surface area contributed by atoms with Crippen LogP contribution in [0.25, 0.3) is 0 Å². The van der Waals surface area contributed by atoms with Gasteiger partial charge in [0.15, 0.2) is 5.82 Å². The average Bonchev–Trinajstić information content (AvgIpc) is 2.49. The number of nitrogens with zero attached hydrogens (tertiary/aromatic N) is 3.